The first-order valence-corrected chi connectivity index (χ1v) is 7.57. The van der Waals surface area contributed by atoms with Crippen LogP contribution in [-0.4, -0.2) is 17.6 Å². The molecule has 0 aliphatic carbocycles. The number of carbonyl (C=O) groups excluding carboxylic acids is 1. The lowest BCUT2D eigenvalue weighted by molar-refractivity contribution is 0.0942. The lowest BCUT2D eigenvalue weighted by Crippen LogP contribution is -2.25. The van der Waals surface area contributed by atoms with Crippen molar-refractivity contribution in [2.45, 2.75) is 13.5 Å². The maximum absolute atomic E-state index is 12.7. The second kappa shape index (κ2) is 6.16. The number of amides is 1. The molecule has 0 spiro atoms. The molecule has 0 radical (unpaired) electrons. The van der Waals surface area contributed by atoms with Gasteiger partial charge in [0.1, 0.15) is 11.4 Å². The number of aryl methyl sites for hydroxylation is 2. The Labute approximate surface area is 135 Å². The molecule has 0 atom stereocenters. The standard InChI is InChI=1S/C19H20N2O2/c1-13-15-9-5-6-10-16(15)21(2)18(13)19(22)20-12-14-8-4-7-11-17(14)23-3/h4-11H,12H2,1-3H3,(H,20,22). The summed E-state index contributed by atoms with van der Waals surface area (Å²) in [5.74, 6) is 0.702. The summed E-state index contributed by atoms with van der Waals surface area (Å²) in [6.45, 7) is 2.42. The van der Waals surface area contributed by atoms with Gasteiger partial charge in [0, 0.05) is 30.1 Å². The highest BCUT2D eigenvalue weighted by molar-refractivity contribution is 6.01. The van der Waals surface area contributed by atoms with Crippen molar-refractivity contribution in [3.8, 4) is 5.75 Å². The molecule has 4 nitrogen and oxygen atoms in total. The molecule has 2 aromatic carbocycles. The second-order valence-corrected chi connectivity index (χ2v) is 5.54. The Morgan fingerprint density at radius 2 is 1.83 bits per heavy atom. The minimum atomic E-state index is -0.0768. The van der Waals surface area contributed by atoms with Crippen molar-refractivity contribution in [1.82, 2.24) is 9.88 Å². The molecular weight excluding hydrogens is 288 g/mol. The summed E-state index contributed by atoms with van der Waals surface area (Å²) < 4.78 is 7.27. The molecule has 0 fully saturated rings. The highest BCUT2D eigenvalue weighted by Crippen LogP contribution is 2.24. The maximum atomic E-state index is 12.7. The first-order chi connectivity index (χ1) is 11.1. The number of fused-ring (bicyclic) bond motifs is 1. The Balaban J connectivity index is 1.87. The third kappa shape index (κ3) is 2.68. The van der Waals surface area contributed by atoms with Gasteiger partial charge in [0.25, 0.3) is 5.91 Å². The molecule has 3 rings (SSSR count). The van der Waals surface area contributed by atoms with Gasteiger partial charge in [-0.15, -0.1) is 0 Å². The fourth-order valence-corrected chi connectivity index (χ4v) is 3.01. The van der Waals surface area contributed by atoms with E-state index in [1.54, 1.807) is 7.11 Å². The number of methoxy groups -OCH3 is 1. The number of hydrogen-bond donors (Lipinski definition) is 1. The van der Waals surface area contributed by atoms with E-state index in [2.05, 4.69) is 5.32 Å². The molecule has 0 unspecified atom stereocenters. The van der Waals surface area contributed by atoms with Gasteiger partial charge in [0.15, 0.2) is 0 Å². The normalized spacial score (nSPS) is 10.7. The summed E-state index contributed by atoms with van der Waals surface area (Å²) in [7, 11) is 3.56. The Hall–Kier alpha value is -2.75. The van der Waals surface area contributed by atoms with Crippen molar-refractivity contribution in [2.24, 2.45) is 7.05 Å². The lowest BCUT2D eigenvalue weighted by atomic mass is 10.1. The molecule has 0 aliphatic rings. The molecule has 4 heteroatoms. The van der Waals surface area contributed by atoms with Crippen molar-refractivity contribution in [3.63, 3.8) is 0 Å². The number of rotatable bonds is 4. The third-order valence-corrected chi connectivity index (χ3v) is 4.21. The zero-order valence-corrected chi connectivity index (χ0v) is 13.6. The van der Waals surface area contributed by atoms with Gasteiger partial charge >= 0.3 is 0 Å². The molecule has 1 heterocycles. The van der Waals surface area contributed by atoms with Gasteiger partial charge in [-0.05, 0) is 24.6 Å². The van der Waals surface area contributed by atoms with E-state index < -0.39 is 0 Å². The largest absolute Gasteiger partial charge is 0.496 e. The highest BCUT2D eigenvalue weighted by Gasteiger charge is 2.18. The van der Waals surface area contributed by atoms with Crippen LogP contribution in [0.1, 0.15) is 21.6 Å². The van der Waals surface area contributed by atoms with Crippen LogP contribution >= 0.6 is 0 Å². The predicted octanol–water partition coefficient (Wildman–Crippen LogP) is 3.43. The molecule has 23 heavy (non-hydrogen) atoms. The summed E-state index contributed by atoms with van der Waals surface area (Å²) in [5.41, 5.74) is 3.72. The van der Waals surface area contributed by atoms with Crippen molar-refractivity contribution in [2.75, 3.05) is 7.11 Å². The monoisotopic (exact) mass is 308 g/mol. The van der Waals surface area contributed by atoms with Gasteiger partial charge in [0.05, 0.1) is 7.11 Å². The Morgan fingerprint density at radius 3 is 2.57 bits per heavy atom. The number of nitrogens with one attached hydrogen (secondary N) is 1. The van der Waals surface area contributed by atoms with Crippen LogP contribution in [0.4, 0.5) is 0 Å². The van der Waals surface area contributed by atoms with E-state index in [9.17, 15) is 4.79 Å². The maximum Gasteiger partial charge on any atom is 0.268 e. The second-order valence-electron chi connectivity index (χ2n) is 5.54. The van der Waals surface area contributed by atoms with E-state index in [-0.39, 0.29) is 5.91 Å². The average molecular weight is 308 g/mol. The Kier molecular flexibility index (Phi) is 4.06. The van der Waals surface area contributed by atoms with Crippen LogP contribution < -0.4 is 10.1 Å². The molecule has 0 aliphatic heterocycles. The summed E-state index contributed by atoms with van der Waals surface area (Å²) >= 11 is 0. The molecular formula is C19H20N2O2. The Morgan fingerprint density at radius 1 is 1.13 bits per heavy atom. The number of para-hydroxylation sites is 2. The highest BCUT2D eigenvalue weighted by atomic mass is 16.5. The minimum absolute atomic E-state index is 0.0768. The van der Waals surface area contributed by atoms with E-state index in [4.69, 9.17) is 4.74 Å². The third-order valence-electron chi connectivity index (χ3n) is 4.21. The molecule has 1 amide bonds. The van der Waals surface area contributed by atoms with Gasteiger partial charge in [0.2, 0.25) is 0 Å². The summed E-state index contributed by atoms with van der Waals surface area (Å²) in [5, 5.41) is 4.10. The van der Waals surface area contributed by atoms with Gasteiger partial charge in [-0.1, -0.05) is 36.4 Å². The van der Waals surface area contributed by atoms with Crippen molar-refractivity contribution in [1.29, 1.82) is 0 Å². The van der Waals surface area contributed by atoms with Gasteiger partial charge in [-0.3, -0.25) is 4.79 Å². The van der Waals surface area contributed by atoms with E-state index in [0.717, 1.165) is 27.8 Å². The van der Waals surface area contributed by atoms with Crippen LogP contribution in [-0.2, 0) is 13.6 Å². The molecule has 0 bridgehead atoms. The molecule has 1 aromatic heterocycles. The van der Waals surface area contributed by atoms with Crippen LogP contribution in [0.25, 0.3) is 10.9 Å². The molecule has 0 saturated heterocycles. The number of benzene rings is 2. The fraction of sp³-hybridized carbons (Fsp3) is 0.211. The summed E-state index contributed by atoms with van der Waals surface area (Å²) in [6, 6.07) is 15.7. The predicted molar refractivity (Wildman–Crippen MR) is 91.8 cm³/mol. The first-order valence-electron chi connectivity index (χ1n) is 7.57. The van der Waals surface area contributed by atoms with E-state index in [1.165, 1.54) is 0 Å². The van der Waals surface area contributed by atoms with E-state index in [1.807, 2.05) is 67.1 Å². The van der Waals surface area contributed by atoms with Crippen LogP contribution in [0.15, 0.2) is 48.5 Å². The molecule has 0 saturated carbocycles. The van der Waals surface area contributed by atoms with Gasteiger partial charge in [-0.25, -0.2) is 0 Å². The number of hydrogen-bond acceptors (Lipinski definition) is 2. The van der Waals surface area contributed by atoms with Gasteiger partial charge < -0.3 is 14.6 Å². The molecule has 118 valence electrons. The van der Waals surface area contributed by atoms with Gasteiger partial charge in [-0.2, -0.15) is 0 Å². The van der Waals surface area contributed by atoms with E-state index in [0.29, 0.717) is 12.2 Å². The number of nitrogens with zero attached hydrogens (tertiary/aromatic N) is 1. The van der Waals surface area contributed by atoms with Crippen molar-refractivity contribution >= 4 is 16.8 Å². The number of aromatic nitrogens is 1. The topological polar surface area (TPSA) is 43.3 Å². The smallest absolute Gasteiger partial charge is 0.268 e. The molecule has 3 aromatic rings. The number of ether oxygens (including phenoxy) is 1. The van der Waals surface area contributed by atoms with Crippen molar-refractivity contribution in [3.05, 3.63) is 65.4 Å². The number of carbonyl (C=O) groups is 1. The zero-order valence-electron chi connectivity index (χ0n) is 13.6. The first kappa shape index (κ1) is 15.2. The fourth-order valence-electron chi connectivity index (χ4n) is 3.01. The van der Waals surface area contributed by atoms with Crippen LogP contribution in [0.2, 0.25) is 0 Å². The quantitative estimate of drug-likeness (QED) is 0.802. The van der Waals surface area contributed by atoms with Crippen LogP contribution in [0.3, 0.4) is 0 Å². The van der Waals surface area contributed by atoms with E-state index >= 15 is 0 Å². The SMILES string of the molecule is COc1ccccc1CNC(=O)c1c(C)c2ccccc2n1C. The zero-order chi connectivity index (χ0) is 16.4. The van der Waals surface area contributed by atoms with Crippen LogP contribution in [0.5, 0.6) is 5.75 Å². The summed E-state index contributed by atoms with van der Waals surface area (Å²) in [6.07, 6.45) is 0. The van der Waals surface area contributed by atoms with Crippen LogP contribution in [0, 0.1) is 6.92 Å². The Bertz CT molecular complexity index is 826. The van der Waals surface area contributed by atoms with Crippen molar-refractivity contribution < 1.29 is 9.53 Å². The molecule has 1 N–H and O–H groups in total. The lowest BCUT2D eigenvalue weighted by Gasteiger charge is -2.10. The average Bonchev–Trinajstić information content (AvgIpc) is 2.84. The minimum Gasteiger partial charge on any atom is -0.496 e. The summed E-state index contributed by atoms with van der Waals surface area (Å²) in [4.78, 5) is 12.7.